The molecule has 3 aromatic rings. The lowest BCUT2D eigenvalue weighted by molar-refractivity contribution is -0.0514. The van der Waals surface area contributed by atoms with E-state index in [1.54, 1.807) is 25.3 Å². The Morgan fingerprint density at radius 3 is 2.64 bits per heavy atom. The van der Waals surface area contributed by atoms with Crippen LogP contribution < -0.4 is 9.47 Å². The number of carbonyl (C=O) groups excluding carboxylic acids is 1. The van der Waals surface area contributed by atoms with E-state index >= 15 is 0 Å². The lowest BCUT2D eigenvalue weighted by Gasteiger charge is -2.23. The van der Waals surface area contributed by atoms with Gasteiger partial charge in [0.1, 0.15) is 5.76 Å². The van der Waals surface area contributed by atoms with Crippen molar-refractivity contribution in [2.45, 2.75) is 59.4 Å². The highest BCUT2D eigenvalue weighted by Gasteiger charge is 2.34. The first-order valence-corrected chi connectivity index (χ1v) is 11.1. The van der Waals surface area contributed by atoms with Crippen molar-refractivity contribution in [3.8, 4) is 11.5 Å². The van der Waals surface area contributed by atoms with Crippen molar-refractivity contribution in [1.29, 1.82) is 0 Å². The predicted octanol–water partition coefficient (Wildman–Crippen LogP) is 5.55. The lowest BCUT2D eigenvalue weighted by atomic mass is 10.1. The zero-order chi connectivity index (χ0) is 23.5. The average Bonchev–Trinajstić information content (AvgIpc) is 3.41. The second kappa shape index (κ2) is 9.68. The number of aryl methyl sites for hydroxylation is 1. The maximum absolute atomic E-state index is 13.6. The molecule has 0 bridgehead atoms. The third kappa shape index (κ3) is 5.21. The van der Waals surface area contributed by atoms with Gasteiger partial charge in [-0.3, -0.25) is 4.79 Å². The number of rotatable bonds is 10. The zero-order valence-corrected chi connectivity index (χ0v) is 19.0. The van der Waals surface area contributed by atoms with Crippen LogP contribution in [0.5, 0.6) is 11.5 Å². The number of hydrogen-bond donors (Lipinski definition) is 0. The number of alkyl halides is 2. The molecule has 4 rings (SSSR count). The topological polar surface area (TPSA) is 56.8 Å². The number of ether oxygens (including phenoxy) is 2. The summed E-state index contributed by atoms with van der Waals surface area (Å²) in [7, 11) is 0. The molecule has 2 aromatic heterocycles. The molecule has 176 valence electrons. The summed E-state index contributed by atoms with van der Waals surface area (Å²) < 4.78 is 43.0. The molecule has 33 heavy (non-hydrogen) atoms. The number of amides is 1. The Kier molecular flexibility index (Phi) is 6.72. The van der Waals surface area contributed by atoms with Gasteiger partial charge in [-0.2, -0.15) is 8.78 Å². The molecule has 6 nitrogen and oxygen atoms in total. The number of nitrogens with zero attached hydrogens (tertiary/aromatic N) is 2. The molecular weight excluding hydrogens is 430 g/mol. The second-order valence-corrected chi connectivity index (χ2v) is 8.21. The van der Waals surface area contributed by atoms with Gasteiger partial charge < -0.3 is 23.4 Å². The van der Waals surface area contributed by atoms with Crippen LogP contribution in [-0.2, 0) is 13.1 Å². The van der Waals surface area contributed by atoms with Gasteiger partial charge in [-0.1, -0.05) is 6.07 Å². The molecule has 1 fully saturated rings. The molecular formula is C25H28F2N2O4. The van der Waals surface area contributed by atoms with Crippen molar-refractivity contribution in [3.05, 3.63) is 70.9 Å². The van der Waals surface area contributed by atoms with E-state index in [4.69, 9.17) is 9.15 Å². The van der Waals surface area contributed by atoms with Crippen LogP contribution in [0.15, 0.2) is 47.1 Å². The fraction of sp³-hybridized carbons (Fsp3) is 0.400. The van der Waals surface area contributed by atoms with Crippen LogP contribution in [0.2, 0.25) is 0 Å². The molecule has 0 spiro atoms. The molecule has 1 aliphatic rings. The third-order valence-corrected chi connectivity index (χ3v) is 5.82. The molecule has 0 radical (unpaired) electrons. The molecule has 0 atom stereocenters. The highest BCUT2D eigenvalue weighted by molar-refractivity contribution is 5.96. The molecule has 1 aromatic carbocycles. The molecule has 2 heterocycles. The number of benzene rings is 1. The monoisotopic (exact) mass is 458 g/mol. The Balaban J connectivity index is 1.57. The normalized spacial score (nSPS) is 13.4. The van der Waals surface area contributed by atoms with E-state index in [2.05, 4.69) is 9.30 Å². The van der Waals surface area contributed by atoms with Crippen LogP contribution in [0, 0.1) is 13.8 Å². The predicted molar refractivity (Wildman–Crippen MR) is 119 cm³/mol. The molecule has 1 amide bonds. The summed E-state index contributed by atoms with van der Waals surface area (Å²) in [6, 6.07) is 10.7. The van der Waals surface area contributed by atoms with E-state index in [0.29, 0.717) is 25.3 Å². The smallest absolute Gasteiger partial charge is 0.387 e. The highest BCUT2D eigenvalue weighted by atomic mass is 19.3. The average molecular weight is 459 g/mol. The molecule has 1 aliphatic carbocycles. The van der Waals surface area contributed by atoms with Gasteiger partial charge in [0.2, 0.25) is 0 Å². The van der Waals surface area contributed by atoms with Crippen molar-refractivity contribution in [2.24, 2.45) is 0 Å². The van der Waals surface area contributed by atoms with Crippen LogP contribution in [0.4, 0.5) is 8.78 Å². The summed E-state index contributed by atoms with van der Waals surface area (Å²) in [6.07, 6.45) is 3.53. The van der Waals surface area contributed by atoms with Gasteiger partial charge in [0, 0.05) is 24.0 Å². The van der Waals surface area contributed by atoms with Gasteiger partial charge in [0.25, 0.3) is 5.91 Å². The van der Waals surface area contributed by atoms with Crippen molar-refractivity contribution in [2.75, 3.05) is 6.61 Å². The fourth-order valence-corrected chi connectivity index (χ4v) is 4.04. The lowest BCUT2D eigenvalue weighted by Crippen LogP contribution is -2.33. The van der Waals surface area contributed by atoms with Crippen LogP contribution in [0.3, 0.4) is 0 Å². The first-order valence-electron chi connectivity index (χ1n) is 11.1. The minimum Gasteiger partial charge on any atom is -0.490 e. The molecule has 0 N–H and O–H groups in total. The molecule has 0 unspecified atom stereocenters. The van der Waals surface area contributed by atoms with Crippen molar-refractivity contribution < 1.29 is 27.5 Å². The number of hydrogen-bond acceptors (Lipinski definition) is 4. The largest absolute Gasteiger partial charge is 0.490 e. The van der Waals surface area contributed by atoms with E-state index in [1.807, 2.05) is 36.9 Å². The quantitative estimate of drug-likeness (QED) is 0.400. The van der Waals surface area contributed by atoms with Crippen LogP contribution in [0.25, 0.3) is 0 Å². The van der Waals surface area contributed by atoms with Gasteiger partial charge in [-0.05, 0) is 69.5 Å². The molecule has 8 heteroatoms. The minimum atomic E-state index is -2.93. The van der Waals surface area contributed by atoms with Crippen LogP contribution in [0.1, 0.15) is 52.8 Å². The SMILES string of the molecule is CCOc1cc(CN(C(=O)c2cc(C)n(Cc3ccco3)c2C)C2CC2)ccc1OC(F)F. The summed E-state index contributed by atoms with van der Waals surface area (Å²) in [4.78, 5) is 15.4. The number of furan rings is 1. The number of carbonyl (C=O) groups is 1. The minimum absolute atomic E-state index is 0.0126. The van der Waals surface area contributed by atoms with Gasteiger partial charge in [-0.15, -0.1) is 0 Å². The molecule has 0 aliphatic heterocycles. The zero-order valence-electron chi connectivity index (χ0n) is 19.0. The van der Waals surface area contributed by atoms with E-state index < -0.39 is 6.61 Å². The van der Waals surface area contributed by atoms with Gasteiger partial charge in [-0.25, -0.2) is 0 Å². The third-order valence-electron chi connectivity index (χ3n) is 5.82. The van der Waals surface area contributed by atoms with E-state index in [9.17, 15) is 13.6 Å². The van der Waals surface area contributed by atoms with Gasteiger partial charge in [0.05, 0.1) is 25.0 Å². The molecule has 0 saturated heterocycles. The van der Waals surface area contributed by atoms with Crippen LogP contribution in [-0.4, -0.2) is 34.6 Å². The first-order chi connectivity index (χ1) is 15.9. The van der Waals surface area contributed by atoms with Gasteiger partial charge in [0.15, 0.2) is 11.5 Å². The fourth-order valence-electron chi connectivity index (χ4n) is 4.04. The standard InChI is InChI=1S/C25H28F2N2O4/c1-4-31-23-13-18(7-10-22(23)33-25(26)27)14-29(19-8-9-19)24(30)21-12-16(2)28(17(21)3)15-20-6-5-11-32-20/h5-7,10-13,19,25H,4,8-9,14-15H2,1-3H3. The Morgan fingerprint density at radius 2 is 2.00 bits per heavy atom. The van der Waals surface area contributed by atoms with Crippen molar-refractivity contribution >= 4 is 5.91 Å². The maximum atomic E-state index is 13.6. The summed E-state index contributed by atoms with van der Waals surface area (Å²) in [5.74, 6) is 1.02. The number of halogens is 2. The maximum Gasteiger partial charge on any atom is 0.387 e. The van der Waals surface area contributed by atoms with E-state index in [-0.39, 0.29) is 23.4 Å². The Morgan fingerprint density at radius 1 is 1.21 bits per heavy atom. The summed E-state index contributed by atoms with van der Waals surface area (Å²) in [5, 5.41) is 0. The van der Waals surface area contributed by atoms with E-state index in [1.165, 1.54) is 6.07 Å². The Bertz CT molecular complexity index is 1100. The first kappa shape index (κ1) is 22.9. The van der Waals surface area contributed by atoms with Crippen LogP contribution >= 0.6 is 0 Å². The van der Waals surface area contributed by atoms with Gasteiger partial charge >= 0.3 is 6.61 Å². The molecule has 1 saturated carbocycles. The highest BCUT2D eigenvalue weighted by Crippen LogP contribution is 2.34. The summed E-state index contributed by atoms with van der Waals surface area (Å²) in [5.41, 5.74) is 3.32. The second-order valence-electron chi connectivity index (χ2n) is 8.21. The number of aromatic nitrogens is 1. The van der Waals surface area contributed by atoms with E-state index in [0.717, 1.165) is 35.6 Å². The summed E-state index contributed by atoms with van der Waals surface area (Å²) >= 11 is 0. The van der Waals surface area contributed by atoms with Crippen molar-refractivity contribution in [3.63, 3.8) is 0 Å². The Labute approximate surface area is 191 Å². The Hall–Kier alpha value is -3.29. The summed E-state index contributed by atoms with van der Waals surface area (Å²) in [6.45, 7) is 4.00. The van der Waals surface area contributed by atoms with Crippen molar-refractivity contribution in [1.82, 2.24) is 9.47 Å².